The van der Waals surface area contributed by atoms with Crippen LogP contribution in [0, 0.1) is 5.92 Å². The van der Waals surface area contributed by atoms with Crippen molar-refractivity contribution in [1.29, 1.82) is 0 Å². The van der Waals surface area contributed by atoms with Crippen molar-refractivity contribution < 1.29 is 0 Å². The third-order valence-electron chi connectivity index (χ3n) is 4.13. The Hall–Kier alpha value is -1.24. The second-order valence-electron chi connectivity index (χ2n) is 5.56. The molecule has 0 bridgehead atoms. The Morgan fingerprint density at radius 1 is 1.33 bits per heavy atom. The van der Waals surface area contributed by atoms with Crippen LogP contribution < -0.4 is 11.1 Å². The molecule has 5 heteroatoms. The number of nitrogens with zero attached hydrogens (tertiary/aromatic N) is 1. The van der Waals surface area contributed by atoms with Crippen LogP contribution in [0.1, 0.15) is 24.8 Å². The van der Waals surface area contributed by atoms with Gasteiger partial charge in [0.05, 0.1) is 0 Å². The van der Waals surface area contributed by atoms with E-state index in [0.717, 1.165) is 25.4 Å². The highest BCUT2D eigenvalue weighted by Gasteiger charge is 2.16. The number of guanidine groups is 1. The molecule has 114 valence electrons. The van der Waals surface area contributed by atoms with Gasteiger partial charge in [0.25, 0.3) is 0 Å². The van der Waals surface area contributed by atoms with Crippen LogP contribution in [0.25, 0.3) is 10.9 Å². The molecule has 1 heterocycles. The number of fused-ring (bicyclic) bond motifs is 1. The molecule has 1 aromatic carbocycles. The van der Waals surface area contributed by atoms with E-state index < -0.39 is 0 Å². The molecule has 4 N–H and O–H groups in total. The van der Waals surface area contributed by atoms with E-state index in [-0.39, 0.29) is 24.0 Å². The highest BCUT2D eigenvalue weighted by Crippen LogP contribution is 2.26. The number of benzene rings is 1. The molecule has 0 amide bonds. The van der Waals surface area contributed by atoms with Gasteiger partial charge in [-0.2, -0.15) is 0 Å². The van der Waals surface area contributed by atoms with Crippen molar-refractivity contribution in [3.63, 3.8) is 0 Å². The lowest BCUT2D eigenvalue weighted by Gasteiger charge is -2.23. The summed E-state index contributed by atoms with van der Waals surface area (Å²) in [6, 6.07) is 8.47. The molecule has 3 rings (SSSR count). The quantitative estimate of drug-likeness (QED) is 0.412. The van der Waals surface area contributed by atoms with Gasteiger partial charge in [-0.25, -0.2) is 0 Å². The van der Waals surface area contributed by atoms with Crippen LogP contribution in [0.2, 0.25) is 0 Å². The van der Waals surface area contributed by atoms with Crippen molar-refractivity contribution in [3.8, 4) is 0 Å². The third-order valence-corrected chi connectivity index (χ3v) is 4.13. The van der Waals surface area contributed by atoms with Gasteiger partial charge in [0, 0.05) is 30.2 Å². The molecule has 0 spiro atoms. The monoisotopic (exact) mass is 398 g/mol. The predicted molar refractivity (Wildman–Crippen MR) is 99.3 cm³/mol. The van der Waals surface area contributed by atoms with Gasteiger partial charge in [-0.1, -0.05) is 18.6 Å². The maximum atomic E-state index is 5.89. The molecule has 0 aliphatic heterocycles. The lowest BCUT2D eigenvalue weighted by molar-refractivity contribution is 0.326. The molecule has 1 aliphatic rings. The van der Waals surface area contributed by atoms with E-state index in [0.29, 0.717) is 5.96 Å². The van der Waals surface area contributed by atoms with Gasteiger partial charge in [0.1, 0.15) is 0 Å². The summed E-state index contributed by atoms with van der Waals surface area (Å²) in [4.78, 5) is 7.64. The first-order chi connectivity index (χ1) is 9.83. The van der Waals surface area contributed by atoms with Crippen LogP contribution in [0.3, 0.4) is 0 Å². The molecular weight excluding hydrogens is 375 g/mol. The van der Waals surface area contributed by atoms with E-state index in [4.69, 9.17) is 5.73 Å². The third kappa shape index (κ3) is 4.12. The van der Waals surface area contributed by atoms with Crippen molar-refractivity contribution in [2.24, 2.45) is 16.6 Å². The zero-order valence-corrected chi connectivity index (χ0v) is 14.5. The zero-order chi connectivity index (χ0) is 13.8. The number of aromatic amines is 1. The summed E-state index contributed by atoms with van der Waals surface area (Å²) < 4.78 is 0. The molecule has 1 aliphatic carbocycles. The number of hydrogen-bond donors (Lipinski definition) is 3. The van der Waals surface area contributed by atoms with E-state index in [9.17, 15) is 0 Å². The van der Waals surface area contributed by atoms with Gasteiger partial charge in [-0.15, -0.1) is 24.0 Å². The highest BCUT2D eigenvalue weighted by molar-refractivity contribution is 14.0. The fourth-order valence-corrected chi connectivity index (χ4v) is 2.65. The fourth-order valence-electron chi connectivity index (χ4n) is 2.65. The van der Waals surface area contributed by atoms with Crippen molar-refractivity contribution in [2.45, 2.75) is 25.7 Å². The summed E-state index contributed by atoms with van der Waals surface area (Å²) in [7, 11) is 0. The lowest BCUT2D eigenvalue weighted by Crippen LogP contribution is -2.34. The Kier molecular flexibility index (Phi) is 5.90. The maximum Gasteiger partial charge on any atom is 0.188 e. The first kappa shape index (κ1) is 16.1. The van der Waals surface area contributed by atoms with Gasteiger partial charge in [-0.3, -0.25) is 4.99 Å². The SMILES string of the molecule is I.NC(=NCC1CCC1)NCCc1cccc2[nH]ccc12. The second kappa shape index (κ2) is 7.68. The Bertz CT molecular complexity index is 601. The van der Waals surface area contributed by atoms with Crippen LogP contribution in [0.5, 0.6) is 0 Å². The first-order valence-electron chi connectivity index (χ1n) is 7.42. The standard InChI is InChI=1S/C16H22N4.HI/c17-16(20-11-12-3-1-4-12)19-9-7-13-5-2-6-15-14(13)8-10-18-15;/h2,5-6,8,10,12,18H,1,3-4,7,9,11H2,(H3,17,19,20);1H. The normalized spacial score (nSPS) is 15.5. The molecule has 1 saturated carbocycles. The average molecular weight is 398 g/mol. The number of rotatable bonds is 5. The van der Waals surface area contributed by atoms with Crippen molar-refractivity contribution in [2.75, 3.05) is 13.1 Å². The summed E-state index contributed by atoms with van der Waals surface area (Å²) >= 11 is 0. The Labute approximate surface area is 142 Å². The molecule has 0 saturated heterocycles. The van der Waals surface area contributed by atoms with E-state index in [2.05, 4.69) is 39.6 Å². The van der Waals surface area contributed by atoms with Crippen LogP contribution in [0.4, 0.5) is 0 Å². The first-order valence-corrected chi connectivity index (χ1v) is 7.42. The molecule has 0 radical (unpaired) electrons. The Balaban J connectivity index is 0.00000161. The van der Waals surface area contributed by atoms with Crippen molar-refractivity contribution >= 4 is 40.8 Å². The van der Waals surface area contributed by atoms with E-state index in [1.807, 2.05) is 6.20 Å². The zero-order valence-electron chi connectivity index (χ0n) is 12.1. The number of hydrogen-bond acceptors (Lipinski definition) is 1. The van der Waals surface area contributed by atoms with Gasteiger partial charge in [0.2, 0.25) is 0 Å². The molecule has 1 fully saturated rings. The van der Waals surface area contributed by atoms with Gasteiger partial charge in [0.15, 0.2) is 5.96 Å². The summed E-state index contributed by atoms with van der Waals surface area (Å²) in [5, 5.41) is 4.50. The largest absolute Gasteiger partial charge is 0.370 e. The molecule has 4 nitrogen and oxygen atoms in total. The minimum atomic E-state index is 0. The van der Waals surface area contributed by atoms with Crippen molar-refractivity contribution in [3.05, 3.63) is 36.0 Å². The van der Waals surface area contributed by atoms with Crippen molar-refractivity contribution in [1.82, 2.24) is 10.3 Å². The maximum absolute atomic E-state index is 5.89. The summed E-state index contributed by atoms with van der Waals surface area (Å²) in [5.41, 5.74) is 8.42. The Morgan fingerprint density at radius 2 is 2.19 bits per heavy atom. The Morgan fingerprint density at radius 3 is 2.95 bits per heavy atom. The lowest BCUT2D eigenvalue weighted by atomic mass is 9.86. The van der Waals surface area contributed by atoms with Gasteiger partial charge < -0.3 is 16.0 Å². The van der Waals surface area contributed by atoms with Crippen LogP contribution >= 0.6 is 24.0 Å². The molecule has 0 unspecified atom stereocenters. The van der Waals surface area contributed by atoms with E-state index >= 15 is 0 Å². The van der Waals surface area contributed by atoms with E-state index in [1.165, 1.54) is 35.7 Å². The predicted octanol–water partition coefficient (Wildman–Crippen LogP) is 3.03. The number of nitrogens with one attached hydrogen (secondary N) is 2. The minimum Gasteiger partial charge on any atom is -0.370 e. The topological polar surface area (TPSA) is 66.2 Å². The second-order valence-corrected chi connectivity index (χ2v) is 5.56. The number of H-pyrrole nitrogens is 1. The molecule has 2 aromatic rings. The molecule has 21 heavy (non-hydrogen) atoms. The van der Waals surface area contributed by atoms with Crippen LogP contribution in [0.15, 0.2) is 35.5 Å². The van der Waals surface area contributed by atoms with Crippen LogP contribution in [-0.4, -0.2) is 24.0 Å². The van der Waals surface area contributed by atoms with Gasteiger partial charge in [-0.05, 0) is 42.9 Å². The summed E-state index contributed by atoms with van der Waals surface area (Å²) in [5.74, 6) is 1.35. The number of nitrogens with two attached hydrogens (primary N) is 1. The van der Waals surface area contributed by atoms with Crippen LogP contribution in [-0.2, 0) is 6.42 Å². The number of aliphatic imine (C=N–C) groups is 1. The van der Waals surface area contributed by atoms with E-state index in [1.54, 1.807) is 0 Å². The average Bonchev–Trinajstić information content (AvgIpc) is 2.86. The number of halogens is 1. The molecular formula is C16H23IN4. The fraction of sp³-hybridized carbons (Fsp3) is 0.438. The highest BCUT2D eigenvalue weighted by atomic mass is 127. The smallest absolute Gasteiger partial charge is 0.188 e. The summed E-state index contributed by atoms with van der Waals surface area (Å²) in [6.07, 6.45) is 6.91. The minimum absolute atomic E-state index is 0. The molecule has 1 aromatic heterocycles. The molecule has 0 atom stereocenters. The van der Waals surface area contributed by atoms with Gasteiger partial charge >= 0.3 is 0 Å². The summed E-state index contributed by atoms with van der Waals surface area (Å²) in [6.45, 7) is 1.70. The number of aromatic nitrogens is 1.